The number of nitrogens with one attached hydrogen (secondary N) is 1. The quantitative estimate of drug-likeness (QED) is 0.937. The minimum Gasteiger partial charge on any atom is -0.453 e. The topological polar surface area (TPSA) is 71.5 Å². The molecule has 2 aromatic rings. The summed E-state index contributed by atoms with van der Waals surface area (Å²) in [4.78, 5) is 29.9. The van der Waals surface area contributed by atoms with Gasteiger partial charge in [0, 0.05) is 30.7 Å². The van der Waals surface area contributed by atoms with E-state index in [1.165, 1.54) is 7.11 Å². The Kier molecular flexibility index (Phi) is 4.93. The number of benzene rings is 1. The average Bonchev–Trinajstić information content (AvgIpc) is 2.62. The molecule has 0 spiro atoms. The average molecular weight is 327 g/mol. The van der Waals surface area contributed by atoms with E-state index in [4.69, 9.17) is 4.74 Å². The van der Waals surface area contributed by atoms with Gasteiger partial charge in [-0.05, 0) is 24.5 Å². The zero-order chi connectivity index (χ0) is 16.9. The Balaban J connectivity index is 1.57. The summed E-state index contributed by atoms with van der Waals surface area (Å²) < 4.78 is 4.72. The van der Waals surface area contributed by atoms with Crippen LogP contribution in [0.3, 0.4) is 0 Å². The zero-order valence-corrected chi connectivity index (χ0v) is 13.7. The molecule has 1 saturated heterocycles. The number of methoxy groups -OCH3 is 1. The fourth-order valence-corrected chi connectivity index (χ4v) is 3.10. The molecule has 0 saturated carbocycles. The summed E-state index contributed by atoms with van der Waals surface area (Å²) in [5, 5.41) is 4.10. The molecule has 0 radical (unpaired) electrons. The van der Waals surface area contributed by atoms with Gasteiger partial charge in [0.2, 0.25) is 5.91 Å². The van der Waals surface area contributed by atoms with Crippen molar-refractivity contribution < 1.29 is 14.3 Å². The largest absolute Gasteiger partial charge is 0.453 e. The number of amides is 2. The van der Waals surface area contributed by atoms with Gasteiger partial charge in [0.25, 0.3) is 0 Å². The van der Waals surface area contributed by atoms with Crippen LogP contribution in [-0.2, 0) is 16.0 Å². The first-order valence-corrected chi connectivity index (χ1v) is 8.12. The highest BCUT2D eigenvalue weighted by Crippen LogP contribution is 2.17. The summed E-state index contributed by atoms with van der Waals surface area (Å²) in [6.45, 7) is 1.21. The number of para-hydroxylation sites is 1. The molecular weight excluding hydrogens is 306 g/mol. The van der Waals surface area contributed by atoms with Crippen LogP contribution in [-0.4, -0.2) is 48.1 Å². The minimum absolute atomic E-state index is 0.00956. The van der Waals surface area contributed by atoms with Crippen LogP contribution in [0, 0.1) is 0 Å². The second-order valence-corrected chi connectivity index (χ2v) is 5.97. The summed E-state index contributed by atoms with van der Waals surface area (Å²) in [6, 6.07) is 9.86. The Hall–Kier alpha value is -2.63. The molecule has 1 N–H and O–H groups in total. The van der Waals surface area contributed by atoms with Crippen LogP contribution in [0.4, 0.5) is 4.79 Å². The van der Waals surface area contributed by atoms with Gasteiger partial charge in [0.15, 0.2) is 0 Å². The number of carbonyl (C=O) groups excluding carboxylic acids is 2. The summed E-state index contributed by atoms with van der Waals surface area (Å²) in [5.41, 5.74) is 1.80. The standard InChI is InChI=1S/C18H21N3O3/c1-24-18(23)21-10-7-15(8-11-21)20-16(22)12-14-5-2-4-13-6-3-9-19-17(13)14/h2-6,9,15H,7-8,10-12H2,1H3,(H,20,22). The summed E-state index contributed by atoms with van der Waals surface area (Å²) in [7, 11) is 1.38. The van der Waals surface area contributed by atoms with Crippen molar-refractivity contribution in [2.24, 2.45) is 0 Å². The van der Waals surface area contributed by atoms with E-state index < -0.39 is 0 Å². The fraction of sp³-hybridized carbons (Fsp3) is 0.389. The molecule has 1 aromatic carbocycles. The Morgan fingerprint density at radius 1 is 1.25 bits per heavy atom. The van der Waals surface area contributed by atoms with Crippen molar-refractivity contribution >= 4 is 22.9 Å². The molecule has 126 valence electrons. The second-order valence-electron chi connectivity index (χ2n) is 5.97. The molecule has 3 rings (SSSR count). The number of piperidine rings is 1. The number of hydrogen-bond donors (Lipinski definition) is 1. The molecule has 2 amide bonds. The molecule has 0 atom stereocenters. The maximum atomic E-state index is 12.4. The van der Waals surface area contributed by atoms with Crippen molar-refractivity contribution in [2.75, 3.05) is 20.2 Å². The molecule has 0 aliphatic carbocycles. The Labute approximate surface area is 140 Å². The number of likely N-dealkylation sites (tertiary alicyclic amines) is 1. The molecular formula is C18H21N3O3. The first-order chi connectivity index (χ1) is 11.7. The van der Waals surface area contributed by atoms with Crippen molar-refractivity contribution in [3.63, 3.8) is 0 Å². The summed E-state index contributed by atoms with van der Waals surface area (Å²) in [5.74, 6) is -0.00956. The molecule has 24 heavy (non-hydrogen) atoms. The lowest BCUT2D eigenvalue weighted by Gasteiger charge is -2.31. The smallest absolute Gasteiger partial charge is 0.409 e. The van der Waals surface area contributed by atoms with Crippen LogP contribution < -0.4 is 5.32 Å². The molecule has 1 fully saturated rings. The summed E-state index contributed by atoms with van der Waals surface area (Å²) >= 11 is 0. The van der Waals surface area contributed by atoms with Gasteiger partial charge in [-0.2, -0.15) is 0 Å². The van der Waals surface area contributed by atoms with Gasteiger partial charge in [0.1, 0.15) is 0 Å². The first-order valence-electron chi connectivity index (χ1n) is 8.12. The van der Waals surface area contributed by atoms with Crippen LogP contribution in [0.25, 0.3) is 10.9 Å². The van der Waals surface area contributed by atoms with Crippen LogP contribution >= 0.6 is 0 Å². The molecule has 0 bridgehead atoms. The van der Waals surface area contributed by atoms with Gasteiger partial charge in [-0.25, -0.2) is 4.79 Å². The highest BCUT2D eigenvalue weighted by molar-refractivity contribution is 5.87. The van der Waals surface area contributed by atoms with Crippen LogP contribution in [0.5, 0.6) is 0 Å². The van der Waals surface area contributed by atoms with Crippen molar-refractivity contribution in [3.8, 4) is 0 Å². The maximum Gasteiger partial charge on any atom is 0.409 e. The van der Waals surface area contributed by atoms with Crippen LogP contribution in [0.2, 0.25) is 0 Å². The lowest BCUT2D eigenvalue weighted by Crippen LogP contribution is -2.46. The third kappa shape index (κ3) is 3.64. The number of rotatable bonds is 3. The number of ether oxygens (including phenoxy) is 1. The van der Waals surface area contributed by atoms with Crippen LogP contribution in [0.15, 0.2) is 36.5 Å². The van der Waals surface area contributed by atoms with Gasteiger partial charge >= 0.3 is 6.09 Å². The van der Waals surface area contributed by atoms with E-state index in [9.17, 15) is 9.59 Å². The molecule has 0 unspecified atom stereocenters. The highest BCUT2D eigenvalue weighted by atomic mass is 16.5. The van der Waals surface area contributed by atoms with Gasteiger partial charge < -0.3 is 15.0 Å². The minimum atomic E-state index is -0.304. The normalized spacial score (nSPS) is 15.3. The van der Waals surface area contributed by atoms with E-state index in [1.807, 2.05) is 30.3 Å². The number of hydrogen-bond acceptors (Lipinski definition) is 4. The molecule has 1 aliphatic heterocycles. The number of pyridine rings is 1. The molecule has 1 aliphatic rings. The van der Waals surface area contributed by atoms with Crippen molar-refractivity contribution in [2.45, 2.75) is 25.3 Å². The van der Waals surface area contributed by atoms with E-state index in [0.29, 0.717) is 19.5 Å². The van der Waals surface area contributed by atoms with Crippen molar-refractivity contribution in [1.82, 2.24) is 15.2 Å². The monoisotopic (exact) mass is 327 g/mol. The predicted molar refractivity (Wildman–Crippen MR) is 90.6 cm³/mol. The molecule has 6 nitrogen and oxygen atoms in total. The lowest BCUT2D eigenvalue weighted by atomic mass is 10.0. The molecule has 6 heteroatoms. The van der Waals surface area contributed by atoms with Crippen LogP contribution in [0.1, 0.15) is 18.4 Å². The van der Waals surface area contributed by atoms with E-state index in [0.717, 1.165) is 29.3 Å². The molecule has 2 heterocycles. The van der Waals surface area contributed by atoms with Crippen molar-refractivity contribution in [1.29, 1.82) is 0 Å². The predicted octanol–water partition coefficient (Wildman–Crippen LogP) is 2.12. The first kappa shape index (κ1) is 16.2. The number of fused-ring (bicyclic) bond motifs is 1. The SMILES string of the molecule is COC(=O)N1CCC(NC(=O)Cc2cccc3cccnc23)CC1. The molecule has 1 aromatic heterocycles. The van der Waals surface area contributed by atoms with Gasteiger partial charge in [-0.3, -0.25) is 9.78 Å². The van der Waals surface area contributed by atoms with E-state index in [1.54, 1.807) is 11.1 Å². The Morgan fingerprint density at radius 3 is 2.75 bits per heavy atom. The van der Waals surface area contributed by atoms with E-state index in [2.05, 4.69) is 10.3 Å². The van der Waals surface area contributed by atoms with E-state index in [-0.39, 0.29) is 18.0 Å². The third-order valence-corrected chi connectivity index (χ3v) is 4.36. The number of nitrogens with zero attached hydrogens (tertiary/aromatic N) is 2. The van der Waals surface area contributed by atoms with E-state index >= 15 is 0 Å². The van der Waals surface area contributed by atoms with Gasteiger partial charge in [-0.15, -0.1) is 0 Å². The van der Waals surface area contributed by atoms with Crippen molar-refractivity contribution in [3.05, 3.63) is 42.1 Å². The highest BCUT2D eigenvalue weighted by Gasteiger charge is 2.24. The Bertz CT molecular complexity index is 734. The summed E-state index contributed by atoms with van der Waals surface area (Å²) in [6.07, 6.45) is 3.24. The zero-order valence-electron chi connectivity index (χ0n) is 13.7. The third-order valence-electron chi connectivity index (χ3n) is 4.36. The maximum absolute atomic E-state index is 12.4. The number of carbonyl (C=O) groups is 2. The van der Waals surface area contributed by atoms with Gasteiger partial charge in [-0.1, -0.05) is 24.3 Å². The fourth-order valence-electron chi connectivity index (χ4n) is 3.10. The number of aromatic nitrogens is 1. The lowest BCUT2D eigenvalue weighted by molar-refractivity contribution is -0.121. The van der Waals surface area contributed by atoms with Gasteiger partial charge in [0.05, 0.1) is 19.0 Å². The second kappa shape index (κ2) is 7.29. The Morgan fingerprint density at radius 2 is 2.00 bits per heavy atom.